The number of hydrogen-bond donors (Lipinski definition) is 2. The van der Waals surface area contributed by atoms with Crippen molar-refractivity contribution in [1.29, 1.82) is 0 Å². The first-order chi connectivity index (χ1) is 14.6. The fraction of sp³-hybridized carbons (Fsp3) is 0.455. The van der Waals surface area contributed by atoms with Crippen LogP contribution < -0.4 is 25.0 Å². The van der Waals surface area contributed by atoms with E-state index in [4.69, 9.17) is 9.47 Å². The number of pyridine rings is 1. The Morgan fingerprint density at radius 2 is 1.93 bits per heavy atom. The Morgan fingerprint density at radius 3 is 2.57 bits per heavy atom. The molecule has 0 amide bonds. The van der Waals surface area contributed by atoms with Gasteiger partial charge in [0.15, 0.2) is 17.5 Å². The number of aromatic nitrogens is 1. The average molecular weight is 413 g/mol. The molecule has 30 heavy (non-hydrogen) atoms. The molecule has 162 valence electrons. The predicted molar refractivity (Wildman–Crippen MR) is 122 cm³/mol. The van der Waals surface area contributed by atoms with Crippen molar-refractivity contribution >= 4 is 17.5 Å². The molecule has 0 unspecified atom stereocenters. The minimum absolute atomic E-state index is 0.591. The second kappa shape index (κ2) is 10.7. The zero-order valence-corrected chi connectivity index (χ0v) is 18.3. The number of guanidine groups is 1. The Balaban J connectivity index is 1.55. The topological polar surface area (TPSA) is 74.3 Å². The summed E-state index contributed by atoms with van der Waals surface area (Å²) in [4.78, 5) is 13.6. The van der Waals surface area contributed by atoms with Gasteiger partial charge in [-0.2, -0.15) is 0 Å². The van der Waals surface area contributed by atoms with Crippen molar-refractivity contribution < 1.29 is 9.47 Å². The van der Waals surface area contributed by atoms with Crippen LogP contribution in [0, 0.1) is 0 Å². The number of nitrogens with one attached hydrogen (secondary N) is 2. The quantitative estimate of drug-likeness (QED) is 0.534. The van der Waals surface area contributed by atoms with E-state index in [1.807, 2.05) is 31.3 Å². The highest BCUT2D eigenvalue weighted by Crippen LogP contribution is 2.30. The first-order valence-corrected chi connectivity index (χ1v) is 10.3. The van der Waals surface area contributed by atoms with E-state index in [0.717, 1.165) is 49.0 Å². The highest BCUT2D eigenvalue weighted by Gasteiger charge is 2.15. The number of benzene rings is 1. The van der Waals surface area contributed by atoms with Crippen LogP contribution in [0.4, 0.5) is 11.5 Å². The normalized spacial score (nSPS) is 15.1. The van der Waals surface area contributed by atoms with Crippen LogP contribution in [0.5, 0.6) is 11.5 Å². The lowest BCUT2D eigenvalue weighted by molar-refractivity contribution is 0.311. The number of ether oxygens (including phenoxy) is 2. The first-order valence-electron chi connectivity index (χ1n) is 10.3. The second-order valence-corrected chi connectivity index (χ2v) is 7.16. The molecule has 1 fully saturated rings. The summed E-state index contributed by atoms with van der Waals surface area (Å²) >= 11 is 0. The zero-order chi connectivity index (χ0) is 21.3. The third kappa shape index (κ3) is 5.76. The molecule has 1 aromatic heterocycles. The minimum Gasteiger partial charge on any atom is -0.493 e. The molecule has 8 heteroatoms. The maximum absolute atomic E-state index is 5.57. The fourth-order valence-electron chi connectivity index (χ4n) is 3.27. The molecule has 2 heterocycles. The fourth-order valence-corrected chi connectivity index (χ4v) is 3.27. The second-order valence-electron chi connectivity index (χ2n) is 7.16. The zero-order valence-electron chi connectivity index (χ0n) is 18.3. The Labute approximate surface area is 178 Å². The summed E-state index contributed by atoms with van der Waals surface area (Å²) in [5, 5.41) is 6.60. The highest BCUT2D eigenvalue weighted by atomic mass is 16.5. The summed E-state index contributed by atoms with van der Waals surface area (Å²) in [6.45, 7) is 7.35. The van der Waals surface area contributed by atoms with Gasteiger partial charge < -0.3 is 29.9 Å². The Hall–Kier alpha value is -3.00. The molecule has 0 bridgehead atoms. The number of piperazine rings is 1. The van der Waals surface area contributed by atoms with Crippen LogP contribution in [0.1, 0.15) is 12.5 Å². The van der Waals surface area contributed by atoms with Gasteiger partial charge in [-0.3, -0.25) is 4.99 Å². The Morgan fingerprint density at radius 1 is 1.13 bits per heavy atom. The van der Waals surface area contributed by atoms with Crippen LogP contribution in [-0.2, 0) is 6.54 Å². The van der Waals surface area contributed by atoms with Gasteiger partial charge in [-0.15, -0.1) is 0 Å². The summed E-state index contributed by atoms with van der Waals surface area (Å²) < 4.78 is 11.0. The molecule has 8 nitrogen and oxygen atoms in total. The van der Waals surface area contributed by atoms with E-state index in [0.29, 0.717) is 24.9 Å². The summed E-state index contributed by atoms with van der Waals surface area (Å²) in [5.41, 5.74) is 1.96. The molecule has 1 aromatic carbocycles. The third-order valence-corrected chi connectivity index (χ3v) is 5.05. The van der Waals surface area contributed by atoms with Gasteiger partial charge in [0.2, 0.25) is 0 Å². The van der Waals surface area contributed by atoms with Crippen LogP contribution in [0.25, 0.3) is 0 Å². The van der Waals surface area contributed by atoms with Crippen LogP contribution in [-0.4, -0.2) is 69.8 Å². The molecule has 2 aromatic rings. The van der Waals surface area contributed by atoms with Crippen molar-refractivity contribution in [3.63, 3.8) is 0 Å². The maximum atomic E-state index is 5.57. The molecule has 0 radical (unpaired) electrons. The number of hydrogen-bond acceptors (Lipinski definition) is 6. The SMILES string of the molecule is CCOc1ccc(NC(=NC)NCc2ccc(N3CCN(C)CC3)nc2)cc1OC. The Bertz CT molecular complexity index is 832. The molecule has 0 spiro atoms. The Kier molecular flexibility index (Phi) is 7.73. The minimum atomic E-state index is 0.591. The maximum Gasteiger partial charge on any atom is 0.195 e. The van der Waals surface area contributed by atoms with E-state index in [2.05, 4.69) is 49.6 Å². The van der Waals surface area contributed by atoms with Gasteiger partial charge >= 0.3 is 0 Å². The standard InChI is InChI=1S/C22H32N6O2/c1-5-30-19-8-7-18(14-20(19)29-4)26-22(23-2)25-16-17-6-9-21(24-15-17)28-12-10-27(3)11-13-28/h6-9,14-15H,5,10-13,16H2,1-4H3,(H2,23,25,26). The first kappa shape index (κ1) is 21.7. The van der Waals surface area contributed by atoms with Crippen molar-refractivity contribution in [3.8, 4) is 11.5 Å². The van der Waals surface area contributed by atoms with Crippen molar-refractivity contribution in [2.24, 2.45) is 4.99 Å². The highest BCUT2D eigenvalue weighted by molar-refractivity contribution is 5.93. The smallest absolute Gasteiger partial charge is 0.195 e. The van der Waals surface area contributed by atoms with Gasteiger partial charge in [0.05, 0.1) is 13.7 Å². The van der Waals surface area contributed by atoms with E-state index in [9.17, 15) is 0 Å². The third-order valence-electron chi connectivity index (χ3n) is 5.05. The molecule has 0 saturated carbocycles. The number of anilines is 2. The van der Waals surface area contributed by atoms with Crippen LogP contribution in [0.2, 0.25) is 0 Å². The van der Waals surface area contributed by atoms with Gasteiger partial charge in [0.25, 0.3) is 0 Å². The monoisotopic (exact) mass is 412 g/mol. The van der Waals surface area contributed by atoms with Crippen LogP contribution in [0.15, 0.2) is 41.5 Å². The summed E-state index contributed by atoms with van der Waals surface area (Å²) in [5.74, 6) is 3.11. The summed E-state index contributed by atoms with van der Waals surface area (Å²) in [6, 6.07) is 9.92. The number of methoxy groups -OCH3 is 1. The molecule has 2 N–H and O–H groups in total. The lowest BCUT2D eigenvalue weighted by Gasteiger charge is -2.33. The van der Waals surface area contributed by atoms with Gasteiger partial charge in [0.1, 0.15) is 5.82 Å². The summed E-state index contributed by atoms with van der Waals surface area (Å²) in [7, 11) is 5.53. The number of rotatable bonds is 7. The molecule has 1 aliphatic heterocycles. The van der Waals surface area contributed by atoms with Crippen LogP contribution in [0.3, 0.4) is 0 Å². The van der Waals surface area contributed by atoms with Crippen molar-refractivity contribution in [2.45, 2.75) is 13.5 Å². The van der Waals surface area contributed by atoms with Crippen molar-refractivity contribution in [2.75, 3.05) is 64.2 Å². The largest absolute Gasteiger partial charge is 0.493 e. The number of aliphatic imine (C=N–C) groups is 1. The molecule has 3 rings (SSSR count). The molecule has 1 saturated heterocycles. The van der Waals surface area contributed by atoms with E-state index < -0.39 is 0 Å². The van der Waals surface area contributed by atoms with E-state index in [-0.39, 0.29) is 0 Å². The lowest BCUT2D eigenvalue weighted by Crippen LogP contribution is -2.44. The molecule has 1 aliphatic rings. The van der Waals surface area contributed by atoms with Gasteiger partial charge in [-0.1, -0.05) is 6.07 Å². The molecule has 0 atom stereocenters. The lowest BCUT2D eigenvalue weighted by atomic mass is 10.2. The van der Waals surface area contributed by atoms with E-state index in [1.54, 1.807) is 14.2 Å². The van der Waals surface area contributed by atoms with E-state index >= 15 is 0 Å². The molecular weight excluding hydrogens is 380 g/mol. The van der Waals surface area contributed by atoms with E-state index in [1.165, 1.54) is 0 Å². The van der Waals surface area contributed by atoms with Gasteiger partial charge in [-0.25, -0.2) is 4.98 Å². The van der Waals surface area contributed by atoms with Crippen LogP contribution >= 0.6 is 0 Å². The number of nitrogens with zero attached hydrogens (tertiary/aromatic N) is 4. The molecular formula is C22H32N6O2. The van der Waals surface area contributed by atoms with Crippen molar-refractivity contribution in [3.05, 3.63) is 42.1 Å². The number of likely N-dealkylation sites (N-methyl/N-ethyl adjacent to an activating group) is 1. The average Bonchev–Trinajstić information content (AvgIpc) is 2.78. The molecule has 0 aliphatic carbocycles. The van der Waals surface area contributed by atoms with Crippen molar-refractivity contribution in [1.82, 2.24) is 15.2 Å². The van der Waals surface area contributed by atoms with Gasteiger partial charge in [-0.05, 0) is 37.7 Å². The predicted octanol–water partition coefficient (Wildman–Crippen LogP) is 2.43. The summed E-state index contributed by atoms with van der Waals surface area (Å²) in [6.07, 6.45) is 1.92. The van der Waals surface area contributed by atoms with Gasteiger partial charge in [0, 0.05) is 57.7 Å².